The first-order valence-electron chi connectivity index (χ1n) is 8.42. The molecule has 1 aromatic carbocycles. The second-order valence-electron chi connectivity index (χ2n) is 6.44. The lowest BCUT2D eigenvalue weighted by Gasteiger charge is -2.27. The van der Waals surface area contributed by atoms with Gasteiger partial charge in [0.2, 0.25) is 0 Å². The monoisotopic (exact) mass is 333 g/mol. The molecule has 0 saturated heterocycles. The number of hydrogen-bond acceptors (Lipinski definition) is 3. The Morgan fingerprint density at radius 1 is 1.25 bits per heavy atom. The van der Waals surface area contributed by atoms with Gasteiger partial charge >= 0.3 is 0 Å². The smallest absolute Gasteiger partial charge is 0.290 e. The van der Waals surface area contributed by atoms with Gasteiger partial charge < -0.3 is 10.0 Å². The third kappa shape index (κ3) is 3.50. The Balaban J connectivity index is 2.44. The summed E-state index contributed by atoms with van der Waals surface area (Å²) in [6.07, 6.45) is 2.74. The van der Waals surface area contributed by atoms with Crippen LogP contribution in [0.1, 0.15) is 51.6 Å². The highest BCUT2D eigenvalue weighted by molar-refractivity contribution is 6.09. The molecule has 0 saturated carbocycles. The van der Waals surface area contributed by atoms with E-state index in [4.69, 9.17) is 0 Å². The lowest BCUT2D eigenvalue weighted by Crippen LogP contribution is -2.32. The molecule has 0 spiro atoms. The fraction of sp³-hybridized carbons (Fsp3) is 0.474. The number of nitrogens with zero attached hydrogens (tertiary/aromatic N) is 1. The van der Waals surface area contributed by atoms with Crippen molar-refractivity contribution in [3.63, 3.8) is 0 Å². The standard InChI is InChI=1S/C19H24FNO3/c1-4-5-6-11-21-16(13-7-9-14(20)10-8-13)15(17(22)12(2)3)18(23)19(21)24/h7-10,12,16,23H,4-6,11H2,1-3H3. The van der Waals surface area contributed by atoms with Gasteiger partial charge in [0.15, 0.2) is 11.5 Å². The topological polar surface area (TPSA) is 57.6 Å². The number of unbranched alkanes of at least 4 members (excludes halogenated alkanes) is 2. The Bertz CT molecular complexity index is 649. The maximum absolute atomic E-state index is 13.2. The minimum absolute atomic E-state index is 0.123. The summed E-state index contributed by atoms with van der Waals surface area (Å²) in [7, 11) is 0. The Morgan fingerprint density at radius 2 is 1.88 bits per heavy atom. The molecule has 0 aromatic heterocycles. The number of halogens is 1. The van der Waals surface area contributed by atoms with E-state index >= 15 is 0 Å². The number of Topliss-reactive ketones (excluding diaryl/α,β-unsaturated/α-hetero) is 1. The Hall–Kier alpha value is -2.17. The van der Waals surface area contributed by atoms with Crippen molar-refractivity contribution in [2.45, 2.75) is 46.1 Å². The van der Waals surface area contributed by atoms with Crippen molar-refractivity contribution in [2.24, 2.45) is 5.92 Å². The van der Waals surface area contributed by atoms with Crippen LogP contribution in [0, 0.1) is 11.7 Å². The number of benzene rings is 1. The van der Waals surface area contributed by atoms with Crippen molar-refractivity contribution >= 4 is 11.7 Å². The number of carbonyl (C=O) groups is 2. The van der Waals surface area contributed by atoms with Gasteiger partial charge in [-0.15, -0.1) is 0 Å². The lowest BCUT2D eigenvalue weighted by molar-refractivity contribution is -0.129. The SMILES string of the molecule is CCCCCN1C(=O)C(O)=C(C(=O)C(C)C)C1c1ccc(F)cc1. The second kappa shape index (κ2) is 7.60. The Labute approximate surface area is 142 Å². The van der Waals surface area contributed by atoms with Crippen LogP contribution in [0.2, 0.25) is 0 Å². The highest BCUT2D eigenvalue weighted by Crippen LogP contribution is 2.39. The van der Waals surface area contributed by atoms with E-state index in [2.05, 4.69) is 6.92 Å². The van der Waals surface area contributed by atoms with Crippen molar-refractivity contribution in [3.05, 3.63) is 47.0 Å². The van der Waals surface area contributed by atoms with Crippen molar-refractivity contribution in [3.8, 4) is 0 Å². The van der Waals surface area contributed by atoms with Gasteiger partial charge in [-0.25, -0.2) is 4.39 Å². The molecule has 1 unspecified atom stereocenters. The fourth-order valence-electron chi connectivity index (χ4n) is 2.97. The molecular formula is C19H24FNO3. The summed E-state index contributed by atoms with van der Waals surface area (Å²) in [6.45, 7) is 5.98. The summed E-state index contributed by atoms with van der Waals surface area (Å²) >= 11 is 0. The molecule has 1 amide bonds. The normalized spacial score (nSPS) is 18.0. The zero-order chi connectivity index (χ0) is 17.9. The summed E-state index contributed by atoms with van der Waals surface area (Å²) in [6, 6.07) is 5.08. The molecule has 24 heavy (non-hydrogen) atoms. The van der Waals surface area contributed by atoms with Crippen molar-refractivity contribution in [2.75, 3.05) is 6.54 Å². The van der Waals surface area contributed by atoms with E-state index < -0.39 is 17.7 Å². The van der Waals surface area contributed by atoms with Gasteiger partial charge in [-0.1, -0.05) is 45.7 Å². The van der Waals surface area contributed by atoms with Gasteiger partial charge in [-0.05, 0) is 24.1 Å². The third-order valence-electron chi connectivity index (χ3n) is 4.28. The predicted octanol–water partition coefficient (Wildman–Crippen LogP) is 3.94. The van der Waals surface area contributed by atoms with E-state index in [0.717, 1.165) is 19.3 Å². The van der Waals surface area contributed by atoms with Crippen molar-refractivity contribution in [1.29, 1.82) is 0 Å². The number of ketones is 1. The highest BCUT2D eigenvalue weighted by Gasteiger charge is 2.43. The molecule has 0 aliphatic carbocycles. The molecule has 0 radical (unpaired) electrons. The molecule has 1 N–H and O–H groups in total. The Morgan fingerprint density at radius 3 is 2.42 bits per heavy atom. The van der Waals surface area contributed by atoms with Gasteiger partial charge in [-0.3, -0.25) is 9.59 Å². The molecule has 0 bridgehead atoms. The number of carbonyl (C=O) groups excluding carboxylic acids is 2. The number of aliphatic hydroxyl groups is 1. The average molecular weight is 333 g/mol. The maximum atomic E-state index is 13.2. The van der Waals surface area contributed by atoms with Gasteiger partial charge in [-0.2, -0.15) is 0 Å². The molecule has 1 aromatic rings. The van der Waals surface area contributed by atoms with Crippen LogP contribution in [0.15, 0.2) is 35.6 Å². The number of rotatable bonds is 7. The second-order valence-corrected chi connectivity index (χ2v) is 6.44. The Kier molecular flexibility index (Phi) is 5.75. The molecule has 1 atom stereocenters. The van der Waals surface area contributed by atoms with E-state index in [9.17, 15) is 19.1 Å². The largest absolute Gasteiger partial charge is 0.503 e. The first-order chi connectivity index (χ1) is 11.4. The predicted molar refractivity (Wildman–Crippen MR) is 89.9 cm³/mol. The van der Waals surface area contributed by atoms with Crippen LogP contribution in [0.25, 0.3) is 0 Å². The van der Waals surface area contributed by atoms with E-state index in [1.165, 1.54) is 17.0 Å². The van der Waals surface area contributed by atoms with Crippen LogP contribution >= 0.6 is 0 Å². The summed E-state index contributed by atoms with van der Waals surface area (Å²) in [5.74, 6) is -1.98. The molecular weight excluding hydrogens is 309 g/mol. The summed E-state index contributed by atoms with van der Waals surface area (Å²) < 4.78 is 13.2. The number of aliphatic hydroxyl groups excluding tert-OH is 1. The average Bonchev–Trinajstić information content (AvgIpc) is 2.80. The zero-order valence-electron chi connectivity index (χ0n) is 14.4. The van der Waals surface area contributed by atoms with Gasteiger partial charge in [0.05, 0.1) is 11.6 Å². The summed E-state index contributed by atoms with van der Waals surface area (Å²) in [5, 5.41) is 10.3. The van der Waals surface area contributed by atoms with Gasteiger partial charge in [0, 0.05) is 12.5 Å². The minimum atomic E-state index is -0.648. The molecule has 2 rings (SSSR count). The molecule has 5 heteroatoms. The molecule has 1 aliphatic rings. The van der Waals surface area contributed by atoms with Gasteiger partial charge in [0.25, 0.3) is 5.91 Å². The van der Waals surface area contributed by atoms with Crippen molar-refractivity contribution < 1.29 is 19.1 Å². The van der Waals surface area contributed by atoms with E-state index in [-0.39, 0.29) is 23.1 Å². The van der Waals surface area contributed by atoms with Gasteiger partial charge in [0.1, 0.15) is 5.82 Å². The number of hydrogen-bond donors (Lipinski definition) is 1. The zero-order valence-corrected chi connectivity index (χ0v) is 14.4. The van der Waals surface area contributed by atoms with Crippen LogP contribution in [-0.4, -0.2) is 28.2 Å². The summed E-state index contributed by atoms with van der Waals surface area (Å²) in [4.78, 5) is 26.6. The fourth-order valence-corrected chi connectivity index (χ4v) is 2.97. The van der Waals surface area contributed by atoms with E-state index in [0.29, 0.717) is 12.1 Å². The van der Waals surface area contributed by atoms with Crippen LogP contribution in [-0.2, 0) is 9.59 Å². The minimum Gasteiger partial charge on any atom is -0.503 e. The quantitative estimate of drug-likeness (QED) is 0.769. The molecule has 1 aliphatic heterocycles. The highest BCUT2D eigenvalue weighted by atomic mass is 19.1. The third-order valence-corrected chi connectivity index (χ3v) is 4.28. The summed E-state index contributed by atoms with van der Waals surface area (Å²) in [5.41, 5.74) is 0.757. The first-order valence-corrected chi connectivity index (χ1v) is 8.42. The van der Waals surface area contributed by atoms with Crippen LogP contribution in [0.5, 0.6) is 0 Å². The van der Waals surface area contributed by atoms with E-state index in [1.54, 1.807) is 26.0 Å². The number of amides is 1. The molecule has 4 nitrogen and oxygen atoms in total. The molecule has 130 valence electrons. The van der Waals surface area contributed by atoms with Crippen LogP contribution in [0.4, 0.5) is 4.39 Å². The van der Waals surface area contributed by atoms with E-state index in [1.807, 2.05) is 0 Å². The molecule has 0 fully saturated rings. The molecule has 1 heterocycles. The van der Waals surface area contributed by atoms with Crippen LogP contribution in [0.3, 0.4) is 0 Å². The maximum Gasteiger partial charge on any atom is 0.290 e. The van der Waals surface area contributed by atoms with Crippen LogP contribution < -0.4 is 0 Å². The first kappa shape index (κ1) is 18.2. The lowest BCUT2D eigenvalue weighted by atomic mass is 9.91. The van der Waals surface area contributed by atoms with Crippen molar-refractivity contribution in [1.82, 2.24) is 4.90 Å².